The molecule has 0 radical (unpaired) electrons. The fourth-order valence-electron chi connectivity index (χ4n) is 5.13. The molecule has 0 aromatic carbocycles. The fourth-order valence-corrected chi connectivity index (χ4v) is 5.13. The van der Waals surface area contributed by atoms with E-state index in [2.05, 4.69) is 16.0 Å². The summed E-state index contributed by atoms with van der Waals surface area (Å²) in [6.45, 7) is 15.4. The highest BCUT2D eigenvalue weighted by molar-refractivity contribution is 6.37. The summed E-state index contributed by atoms with van der Waals surface area (Å²) in [6.07, 6.45) is -1.11. The van der Waals surface area contributed by atoms with Crippen molar-refractivity contribution in [3.63, 3.8) is 0 Å². The largest absolute Gasteiger partial charge is 0.363 e. The molecule has 2 rings (SSSR count). The average molecular weight is 530 g/mol. The Labute approximate surface area is 216 Å². The molecule has 1 heterocycles. The summed E-state index contributed by atoms with van der Waals surface area (Å²) in [7, 11) is 0. The first kappa shape index (κ1) is 30.4. The number of ketones is 1. The zero-order valence-corrected chi connectivity index (χ0v) is 23.1. The minimum Gasteiger partial charge on any atom is -0.363 e. The van der Waals surface area contributed by atoms with Gasteiger partial charge in [-0.25, -0.2) is 13.6 Å². The van der Waals surface area contributed by atoms with Crippen molar-refractivity contribution in [1.82, 2.24) is 20.9 Å². The van der Waals surface area contributed by atoms with Crippen LogP contribution in [-0.2, 0) is 19.2 Å². The topological polar surface area (TPSA) is 151 Å². The van der Waals surface area contributed by atoms with Gasteiger partial charge in [-0.2, -0.15) is 0 Å². The van der Waals surface area contributed by atoms with Crippen LogP contribution >= 0.6 is 0 Å². The number of rotatable bonds is 8. The Bertz CT molecular complexity index is 964. The number of Topliss-reactive ketones (excluding diaryl/α,β-unsaturated/α-hetero) is 1. The average Bonchev–Trinajstić information content (AvgIpc) is 3.03. The van der Waals surface area contributed by atoms with Crippen LogP contribution in [-0.4, -0.2) is 70.6 Å². The van der Waals surface area contributed by atoms with Crippen molar-refractivity contribution in [2.45, 2.75) is 98.3 Å². The van der Waals surface area contributed by atoms with Crippen molar-refractivity contribution < 1.29 is 32.8 Å². The highest BCUT2D eigenvalue weighted by atomic mass is 19.3. The maximum atomic E-state index is 13.8. The van der Waals surface area contributed by atoms with E-state index in [4.69, 9.17) is 5.73 Å². The van der Waals surface area contributed by atoms with Crippen LogP contribution in [0.3, 0.4) is 0 Å². The summed E-state index contributed by atoms with van der Waals surface area (Å²) in [5.74, 6) is -7.79. The molecule has 12 heteroatoms. The Morgan fingerprint density at radius 3 is 1.97 bits per heavy atom. The van der Waals surface area contributed by atoms with Crippen molar-refractivity contribution >= 4 is 29.5 Å². The molecule has 2 unspecified atom stereocenters. The predicted molar refractivity (Wildman–Crippen MR) is 132 cm³/mol. The van der Waals surface area contributed by atoms with Gasteiger partial charge < -0.3 is 26.6 Å². The number of hydrogen-bond acceptors (Lipinski definition) is 5. The summed E-state index contributed by atoms with van der Waals surface area (Å²) >= 11 is 0. The van der Waals surface area contributed by atoms with Gasteiger partial charge in [0.2, 0.25) is 23.5 Å². The molecule has 2 aliphatic rings. The number of halogens is 2. The Morgan fingerprint density at radius 1 is 1.00 bits per heavy atom. The maximum Gasteiger partial charge on any atom is 0.315 e. The zero-order valence-electron chi connectivity index (χ0n) is 23.1. The van der Waals surface area contributed by atoms with Crippen molar-refractivity contribution in [2.75, 3.05) is 6.54 Å². The number of nitrogens with one attached hydrogen (secondary N) is 3. The number of hydrogen-bond donors (Lipinski definition) is 4. The molecule has 1 saturated carbocycles. The van der Waals surface area contributed by atoms with Gasteiger partial charge in [0.1, 0.15) is 18.1 Å². The molecule has 0 spiro atoms. The number of nitrogens with zero attached hydrogens (tertiary/aromatic N) is 1. The normalized spacial score (nSPS) is 24.4. The van der Waals surface area contributed by atoms with Crippen LogP contribution in [0.2, 0.25) is 0 Å². The number of piperidine rings is 1. The lowest BCUT2D eigenvalue weighted by Crippen LogP contribution is -2.62. The van der Waals surface area contributed by atoms with Gasteiger partial charge in [-0.05, 0) is 50.4 Å². The number of urea groups is 1. The van der Waals surface area contributed by atoms with E-state index in [1.54, 1.807) is 41.5 Å². The second-order valence-corrected chi connectivity index (χ2v) is 13.1. The van der Waals surface area contributed by atoms with Crippen LogP contribution in [0.15, 0.2) is 0 Å². The summed E-state index contributed by atoms with van der Waals surface area (Å²) in [5, 5.41) is 7.73. The maximum absolute atomic E-state index is 13.8. The van der Waals surface area contributed by atoms with Crippen LogP contribution in [0.5, 0.6) is 0 Å². The molecule has 10 nitrogen and oxygen atoms in total. The molecular weight excluding hydrogens is 488 g/mol. The number of amides is 5. The van der Waals surface area contributed by atoms with E-state index < -0.39 is 71.0 Å². The first-order valence-corrected chi connectivity index (χ1v) is 12.4. The van der Waals surface area contributed by atoms with Gasteiger partial charge in [-0.1, -0.05) is 34.6 Å². The minimum atomic E-state index is -3.36. The van der Waals surface area contributed by atoms with Gasteiger partial charge in [0, 0.05) is 18.5 Å². The first-order valence-electron chi connectivity index (χ1n) is 12.4. The third-order valence-corrected chi connectivity index (χ3v) is 7.08. The van der Waals surface area contributed by atoms with Gasteiger partial charge in [-0.3, -0.25) is 19.2 Å². The highest BCUT2D eigenvalue weighted by Crippen LogP contribution is 2.65. The molecule has 0 aromatic rings. The van der Waals surface area contributed by atoms with Crippen molar-refractivity contribution in [3.05, 3.63) is 0 Å². The Morgan fingerprint density at radius 2 is 1.54 bits per heavy atom. The van der Waals surface area contributed by atoms with Crippen LogP contribution in [0.25, 0.3) is 0 Å². The van der Waals surface area contributed by atoms with Gasteiger partial charge in [0.15, 0.2) is 0 Å². The van der Waals surface area contributed by atoms with E-state index in [1.807, 2.05) is 13.8 Å². The number of likely N-dealkylation sites (tertiary alicyclic amines) is 1. The second-order valence-electron chi connectivity index (χ2n) is 13.1. The van der Waals surface area contributed by atoms with E-state index in [9.17, 15) is 32.8 Å². The first-order chi connectivity index (χ1) is 16.5. The second kappa shape index (κ2) is 9.83. The highest BCUT2D eigenvalue weighted by Gasteiger charge is 2.70. The van der Waals surface area contributed by atoms with Crippen molar-refractivity contribution in [3.8, 4) is 0 Å². The number of nitrogens with two attached hydrogens (primary N) is 1. The molecule has 1 saturated heterocycles. The molecule has 37 heavy (non-hydrogen) atoms. The van der Waals surface area contributed by atoms with Crippen LogP contribution < -0.4 is 21.7 Å². The molecule has 0 bridgehead atoms. The van der Waals surface area contributed by atoms with Gasteiger partial charge in [0.25, 0.3) is 5.91 Å². The van der Waals surface area contributed by atoms with E-state index in [1.165, 1.54) is 4.90 Å². The monoisotopic (exact) mass is 529 g/mol. The summed E-state index contributed by atoms with van der Waals surface area (Å²) in [4.78, 5) is 64.9. The molecule has 210 valence electrons. The predicted octanol–water partition coefficient (Wildman–Crippen LogP) is 1.57. The lowest BCUT2D eigenvalue weighted by atomic mass is 9.85. The number of fused-ring (bicyclic) bond motifs is 1. The molecule has 5 N–H and O–H groups in total. The Hall–Kier alpha value is -2.79. The van der Waals surface area contributed by atoms with Crippen LogP contribution in [0.4, 0.5) is 13.6 Å². The van der Waals surface area contributed by atoms with E-state index >= 15 is 0 Å². The smallest absolute Gasteiger partial charge is 0.315 e. The van der Waals surface area contributed by atoms with Gasteiger partial charge in [-0.15, -0.1) is 0 Å². The van der Waals surface area contributed by atoms with Crippen LogP contribution in [0.1, 0.15) is 68.7 Å². The molecular formula is C25H41F2N5O5. The van der Waals surface area contributed by atoms with Crippen molar-refractivity contribution in [1.29, 1.82) is 0 Å². The Balaban J connectivity index is 2.35. The third-order valence-electron chi connectivity index (χ3n) is 7.08. The number of carbonyl (C=O) groups excluding carboxylic acids is 5. The quantitative estimate of drug-likeness (QED) is 0.352. The third kappa shape index (κ3) is 7.16. The standard InChI is InChI=1S/C25H41F2N5O5/c1-22(2,3)17(30-21(37)31-23(4,5)6)20(36)32-11-12-14(24(12,7)8)15(32)19(35)29-13(10-25(9,26)27)16(33)18(28)34/h12-15,17H,10-11H2,1-9H3,(H2,28,34)(H,29,35)(H2,30,31,37)/t12-,13?,14-,15?,17+/m0/s1. The molecule has 1 aliphatic heterocycles. The lowest BCUT2D eigenvalue weighted by Gasteiger charge is -2.38. The minimum absolute atomic E-state index is 0.0332. The van der Waals surface area contributed by atoms with E-state index in [-0.39, 0.29) is 23.8 Å². The summed E-state index contributed by atoms with van der Waals surface area (Å²) in [5.41, 5.74) is 3.43. The summed E-state index contributed by atoms with van der Waals surface area (Å²) < 4.78 is 27.5. The number of alkyl halides is 2. The molecule has 5 atom stereocenters. The van der Waals surface area contributed by atoms with Gasteiger partial charge in [0.05, 0.1) is 0 Å². The van der Waals surface area contributed by atoms with Gasteiger partial charge >= 0.3 is 6.03 Å². The number of primary amides is 1. The number of carbonyl (C=O) groups is 5. The molecule has 1 aliphatic carbocycles. The SMILES string of the molecule is CC(F)(F)CC(NC(=O)C1[C@@H]2[C@H](CN1C(=O)[C@@H](NC(=O)NC(C)(C)C)C(C)(C)C)C2(C)C)C(=O)C(N)=O. The zero-order chi connectivity index (χ0) is 28.9. The Kier molecular flexibility index (Phi) is 8.08. The molecule has 5 amide bonds. The summed E-state index contributed by atoms with van der Waals surface area (Å²) in [6, 6.07) is -4.46. The van der Waals surface area contributed by atoms with E-state index in [0.29, 0.717) is 6.92 Å². The lowest BCUT2D eigenvalue weighted by molar-refractivity contribution is -0.145. The van der Waals surface area contributed by atoms with Crippen LogP contribution in [0, 0.1) is 22.7 Å². The van der Waals surface area contributed by atoms with E-state index in [0.717, 1.165) is 0 Å². The van der Waals surface area contributed by atoms with Crippen molar-refractivity contribution in [2.24, 2.45) is 28.4 Å². The molecule has 2 fully saturated rings. The molecule has 0 aromatic heterocycles. The fraction of sp³-hybridized carbons (Fsp3) is 0.800.